The van der Waals surface area contributed by atoms with E-state index in [4.69, 9.17) is 4.74 Å². The van der Waals surface area contributed by atoms with Crippen molar-refractivity contribution >= 4 is 17.3 Å². The standard InChI is InChI=1S/C21H29F3N4O4/c1-14-12-26(13-15(2)32-14)10-7-25-20(29)16-5-8-27(9-6-16)18-4-3-17(21(22,23)24)11-19(18)28(30)31/h3-4,11,14-16H,5-10,12-13H2,1-2H3,(H,25,29). The van der Waals surface area contributed by atoms with E-state index in [1.165, 1.54) is 0 Å². The van der Waals surface area contributed by atoms with E-state index in [2.05, 4.69) is 10.2 Å². The molecule has 2 fully saturated rings. The Morgan fingerprint density at radius 2 is 1.84 bits per heavy atom. The molecule has 11 heteroatoms. The van der Waals surface area contributed by atoms with Gasteiger partial charge in [0.1, 0.15) is 5.69 Å². The van der Waals surface area contributed by atoms with Crippen LogP contribution < -0.4 is 10.2 Å². The maximum Gasteiger partial charge on any atom is 0.416 e. The number of morpholine rings is 1. The summed E-state index contributed by atoms with van der Waals surface area (Å²) < 4.78 is 44.4. The van der Waals surface area contributed by atoms with Gasteiger partial charge in [-0.2, -0.15) is 13.2 Å². The molecule has 1 N–H and O–H groups in total. The van der Waals surface area contributed by atoms with Crippen LogP contribution in [0.3, 0.4) is 0 Å². The first kappa shape index (κ1) is 24.2. The monoisotopic (exact) mass is 458 g/mol. The summed E-state index contributed by atoms with van der Waals surface area (Å²) in [5.74, 6) is -0.275. The van der Waals surface area contributed by atoms with Crippen LogP contribution in [0.5, 0.6) is 0 Å². The number of alkyl halides is 3. The van der Waals surface area contributed by atoms with Gasteiger partial charge < -0.3 is 15.0 Å². The number of nitro groups is 1. The minimum absolute atomic E-state index is 0.0547. The fourth-order valence-corrected chi connectivity index (χ4v) is 4.44. The Balaban J connectivity index is 1.51. The highest BCUT2D eigenvalue weighted by Gasteiger charge is 2.35. The minimum Gasteiger partial charge on any atom is -0.373 e. The van der Waals surface area contributed by atoms with Crippen LogP contribution in [0.1, 0.15) is 32.3 Å². The molecular formula is C21H29F3N4O4. The molecule has 3 rings (SSSR count). The third kappa shape index (κ3) is 6.10. The lowest BCUT2D eigenvalue weighted by Crippen LogP contribution is -2.48. The molecule has 0 spiro atoms. The second-order valence-electron chi connectivity index (χ2n) is 8.53. The van der Waals surface area contributed by atoms with Crippen LogP contribution in [0.2, 0.25) is 0 Å². The Morgan fingerprint density at radius 3 is 2.41 bits per heavy atom. The molecule has 1 aromatic carbocycles. The van der Waals surface area contributed by atoms with Crippen LogP contribution in [0.25, 0.3) is 0 Å². The zero-order chi connectivity index (χ0) is 23.5. The molecular weight excluding hydrogens is 429 g/mol. The number of amides is 1. The molecule has 0 bridgehead atoms. The topological polar surface area (TPSA) is 88.0 Å². The fourth-order valence-electron chi connectivity index (χ4n) is 4.44. The fraction of sp³-hybridized carbons (Fsp3) is 0.667. The highest BCUT2D eigenvalue weighted by Crippen LogP contribution is 2.37. The van der Waals surface area contributed by atoms with Gasteiger partial charge in [-0.25, -0.2) is 0 Å². The van der Waals surface area contributed by atoms with E-state index in [9.17, 15) is 28.1 Å². The third-order valence-corrected chi connectivity index (χ3v) is 5.93. The number of piperidine rings is 1. The van der Waals surface area contributed by atoms with Gasteiger partial charge in [0.15, 0.2) is 0 Å². The van der Waals surface area contributed by atoms with Crippen LogP contribution in [-0.4, -0.2) is 67.2 Å². The predicted molar refractivity (Wildman–Crippen MR) is 112 cm³/mol. The largest absolute Gasteiger partial charge is 0.416 e. The van der Waals surface area contributed by atoms with Crippen LogP contribution >= 0.6 is 0 Å². The van der Waals surface area contributed by atoms with Crippen LogP contribution in [0, 0.1) is 16.0 Å². The van der Waals surface area contributed by atoms with Crippen molar-refractivity contribution in [1.82, 2.24) is 10.2 Å². The summed E-state index contributed by atoms with van der Waals surface area (Å²) in [6.07, 6.45) is -3.36. The van der Waals surface area contributed by atoms with Crippen molar-refractivity contribution in [3.8, 4) is 0 Å². The molecule has 8 nitrogen and oxygen atoms in total. The zero-order valence-corrected chi connectivity index (χ0v) is 18.2. The number of benzene rings is 1. The van der Waals surface area contributed by atoms with Gasteiger partial charge in [-0.1, -0.05) is 0 Å². The van der Waals surface area contributed by atoms with E-state index in [-0.39, 0.29) is 29.7 Å². The molecule has 0 radical (unpaired) electrons. The third-order valence-electron chi connectivity index (χ3n) is 5.93. The van der Waals surface area contributed by atoms with Crippen LogP contribution in [-0.2, 0) is 15.7 Å². The molecule has 178 valence electrons. The number of nitro benzene ring substituents is 1. The molecule has 2 unspecified atom stereocenters. The van der Waals surface area contributed by atoms with Crippen molar-refractivity contribution in [2.75, 3.05) is 44.2 Å². The molecule has 2 saturated heterocycles. The number of carbonyl (C=O) groups excluding carboxylic acids is 1. The van der Waals surface area contributed by atoms with Crippen molar-refractivity contribution in [3.05, 3.63) is 33.9 Å². The molecule has 1 amide bonds. The number of hydrogen-bond donors (Lipinski definition) is 1. The lowest BCUT2D eigenvalue weighted by Gasteiger charge is -2.35. The number of halogens is 3. The molecule has 2 aliphatic rings. The highest BCUT2D eigenvalue weighted by atomic mass is 19.4. The second kappa shape index (κ2) is 10.0. The molecule has 32 heavy (non-hydrogen) atoms. The van der Waals surface area contributed by atoms with Gasteiger partial charge in [-0.3, -0.25) is 19.8 Å². The highest BCUT2D eigenvalue weighted by molar-refractivity contribution is 5.79. The first-order valence-electron chi connectivity index (χ1n) is 10.8. The Kier molecular flexibility index (Phi) is 7.60. The average molecular weight is 458 g/mol. The Labute approximate surface area is 184 Å². The maximum atomic E-state index is 12.9. The van der Waals surface area contributed by atoms with Crippen molar-refractivity contribution in [2.45, 2.75) is 45.1 Å². The molecule has 0 aromatic heterocycles. The van der Waals surface area contributed by atoms with Gasteiger partial charge in [0.2, 0.25) is 5.91 Å². The van der Waals surface area contributed by atoms with E-state index in [0.717, 1.165) is 31.8 Å². The van der Waals surface area contributed by atoms with Gasteiger partial charge in [0.05, 0.1) is 22.7 Å². The van der Waals surface area contributed by atoms with Crippen molar-refractivity contribution < 1.29 is 27.6 Å². The van der Waals surface area contributed by atoms with Crippen LogP contribution in [0.4, 0.5) is 24.5 Å². The zero-order valence-electron chi connectivity index (χ0n) is 18.2. The molecule has 2 atom stereocenters. The van der Waals surface area contributed by atoms with E-state index in [1.807, 2.05) is 13.8 Å². The first-order chi connectivity index (χ1) is 15.0. The molecule has 0 saturated carbocycles. The summed E-state index contributed by atoms with van der Waals surface area (Å²) in [7, 11) is 0. The van der Waals surface area contributed by atoms with E-state index < -0.39 is 22.4 Å². The van der Waals surface area contributed by atoms with Crippen molar-refractivity contribution in [1.29, 1.82) is 0 Å². The summed E-state index contributed by atoms with van der Waals surface area (Å²) in [5.41, 5.74) is -1.47. The normalized spacial score (nSPS) is 23.2. The smallest absolute Gasteiger partial charge is 0.373 e. The number of carbonyl (C=O) groups is 1. The summed E-state index contributed by atoms with van der Waals surface area (Å²) in [5, 5.41) is 14.3. The van der Waals surface area contributed by atoms with Gasteiger partial charge >= 0.3 is 6.18 Å². The molecule has 0 aliphatic carbocycles. The van der Waals surface area contributed by atoms with Crippen molar-refractivity contribution in [2.24, 2.45) is 5.92 Å². The lowest BCUT2D eigenvalue weighted by atomic mass is 9.95. The SMILES string of the molecule is CC1CN(CCNC(=O)C2CCN(c3ccc(C(F)(F)F)cc3[N+](=O)[O-])CC2)CC(C)O1. The molecule has 2 aliphatic heterocycles. The minimum atomic E-state index is -4.65. The van der Waals surface area contributed by atoms with Gasteiger partial charge in [-0.15, -0.1) is 0 Å². The molecule has 2 heterocycles. The lowest BCUT2D eigenvalue weighted by molar-refractivity contribution is -0.384. The van der Waals surface area contributed by atoms with Gasteiger partial charge in [-0.05, 0) is 38.8 Å². The average Bonchev–Trinajstić information content (AvgIpc) is 2.72. The number of hydrogen-bond acceptors (Lipinski definition) is 6. The van der Waals surface area contributed by atoms with E-state index >= 15 is 0 Å². The number of anilines is 1. The summed E-state index contributed by atoms with van der Waals surface area (Å²) in [6, 6.07) is 2.57. The molecule has 1 aromatic rings. The Bertz CT molecular complexity index is 818. The summed E-state index contributed by atoms with van der Waals surface area (Å²) in [4.78, 5) is 27.0. The van der Waals surface area contributed by atoms with Crippen molar-refractivity contribution in [3.63, 3.8) is 0 Å². The number of nitrogens with zero attached hydrogens (tertiary/aromatic N) is 3. The van der Waals surface area contributed by atoms with Gasteiger partial charge in [0.25, 0.3) is 5.69 Å². The van der Waals surface area contributed by atoms with Crippen LogP contribution in [0.15, 0.2) is 18.2 Å². The first-order valence-corrected chi connectivity index (χ1v) is 10.8. The number of ether oxygens (including phenoxy) is 1. The van der Waals surface area contributed by atoms with E-state index in [0.29, 0.717) is 38.5 Å². The summed E-state index contributed by atoms with van der Waals surface area (Å²) in [6.45, 7) is 7.69. The van der Waals surface area contributed by atoms with Gasteiger partial charge in [0, 0.05) is 51.3 Å². The maximum absolute atomic E-state index is 12.9. The second-order valence-corrected chi connectivity index (χ2v) is 8.53. The number of rotatable bonds is 6. The Hall–Kier alpha value is -2.40. The van der Waals surface area contributed by atoms with E-state index in [1.54, 1.807) is 4.90 Å². The predicted octanol–water partition coefficient (Wildman–Crippen LogP) is 3.06. The number of nitrogens with one attached hydrogen (secondary N) is 1. The quantitative estimate of drug-likeness (QED) is 0.521. The summed E-state index contributed by atoms with van der Waals surface area (Å²) >= 11 is 0. The Morgan fingerprint density at radius 1 is 1.22 bits per heavy atom.